The van der Waals surface area contributed by atoms with Gasteiger partial charge in [0.05, 0.1) is 0 Å². The summed E-state index contributed by atoms with van der Waals surface area (Å²) >= 11 is 0. The van der Waals surface area contributed by atoms with Crippen LogP contribution in [0.3, 0.4) is 0 Å². The van der Waals surface area contributed by atoms with Crippen LogP contribution in [0.25, 0.3) is 0 Å². The van der Waals surface area contributed by atoms with E-state index in [4.69, 9.17) is 5.73 Å². The first-order valence-electron chi connectivity index (χ1n) is 6.39. The third-order valence-corrected chi connectivity index (χ3v) is 3.41. The molecule has 16 heavy (non-hydrogen) atoms. The van der Waals surface area contributed by atoms with Gasteiger partial charge < -0.3 is 10.6 Å². The molecule has 1 aromatic rings. The third-order valence-electron chi connectivity index (χ3n) is 3.41. The van der Waals surface area contributed by atoms with Crippen molar-refractivity contribution in [2.45, 2.75) is 45.2 Å². The normalized spacial score (nSPS) is 17.2. The lowest BCUT2D eigenvalue weighted by molar-refractivity contribution is 0.689. The van der Waals surface area contributed by atoms with Crippen molar-refractivity contribution in [3.63, 3.8) is 0 Å². The van der Waals surface area contributed by atoms with Gasteiger partial charge in [-0.15, -0.1) is 0 Å². The van der Waals surface area contributed by atoms with Crippen molar-refractivity contribution in [1.82, 2.24) is 0 Å². The lowest BCUT2D eigenvalue weighted by Gasteiger charge is -2.27. The summed E-state index contributed by atoms with van der Waals surface area (Å²) in [6, 6.07) is 9.53. The van der Waals surface area contributed by atoms with Crippen LogP contribution in [0, 0.1) is 0 Å². The highest BCUT2D eigenvalue weighted by Crippen LogP contribution is 2.35. The molecular weight excluding hydrogens is 196 g/mol. The first-order valence-corrected chi connectivity index (χ1v) is 6.39. The Hall–Kier alpha value is -1.02. The van der Waals surface area contributed by atoms with Crippen LogP contribution in [0.4, 0.5) is 5.69 Å². The second-order valence-electron chi connectivity index (χ2n) is 4.59. The Morgan fingerprint density at radius 2 is 2.00 bits per heavy atom. The quantitative estimate of drug-likeness (QED) is 0.823. The van der Waals surface area contributed by atoms with E-state index in [1.165, 1.54) is 24.1 Å². The van der Waals surface area contributed by atoms with Gasteiger partial charge in [-0.05, 0) is 37.8 Å². The minimum atomic E-state index is 0.170. The maximum Gasteiger partial charge on any atom is 0.0417 e. The Labute approximate surface area is 98.4 Å². The fourth-order valence-corrected chi connectivity index (χ4v) is 2.29. The van der Waals surface area contributed by atoms with Crippen LogP contribution in [-0.4, -0.2) is 12.6 Å². The molecule has 2 N–H and O–H groups in total. The van der Waals surface area contributed by atoms with Gasteiger partial charge in [0, 0.05) is 24.3 Å². The van der Waals surface area contributed by atoms with Crippen LogP contribution < -0.4 is 10.6 Å². The lowest BCUT2D eigenvalue weighted by Crippen LogP contribution is -2.27. The van der Waals surface area contributed by atoms with Crippen molar-refractivity contribution in [2.24, 2.45) is 5.73 Å². The largest absolute Gasteiger partial charge is 0.369 e. The number of nitrogens with zero attached hydrogens (tertiary/aromatic N) is 1. The van der Waals surface area contributed by atoms with E-state index in [9.17, 15) is 0 Å². The van der Waals surface area contributed by atoms with Gasteiger partial charge in [0.1, 0.15) is 0 Å². The van der Waals surface area contributed by atoms with Gasteiger partial charge in [-0.3, -0.25) is 0 Å². The smallest absolute Gasteiger partial charge is 0.0417 e. The number of benzene rings is 1. The number of nitrogens with two attached hydrogens (primary N) is 1. The molecule has 0 heterocycles. The van der Waals surface area contributed by atoms with Crippen molar-refractivity contribution >= 4 is 5.69 Å². The topological polar surface area (TPSA) is 29.3 Å². The summed E-state index contributed by atoms with van der Waals surface area (Å²) in [7, 11) is 0. The molecule has 1 atom stereocenters. The van der Waals surface area contributed by atoms with E-state index in [2.05, 4.69) is 43.0 Å². The maximum atomic E-state index is 6.18. The summed E-state index contributed by atoms with van der Waals surface area (Å²) in [5.41, 5.74) is 8.83. The summed E-state index contributed by atoms with van der Waals surface area (Å²) < 4.78 is 0. The second-order valence-corrected chi connectivity index (χ2v) is 4.59. The molecule has 2 heteroatoms. The molecule has 1 fully saturated rings. The maximum absolute atomic E-state index is 6.18. The molecule has 0 bridgehead atoms. The van der Waals surface area contributed by atoms with Gasteiger partial charge >= 0.3 is 0 Å². The molecule has 1 aromatic carbocycles. The van der Waals surface area contributed by atoms with Crippen LogP contribution in [0.5, 0.6) is 0 Å². The van der Waals surface area contributed by atoms with E-state index in [-0.39, 0.29) is 6.04 Å². The first kappa shape index (κ1) is 11.5. The van der Waals surface area contributed by atoms with Gasteiger partial charge in [-0.2, -0.15) is 0 Å². The number of para-hydroxylation sites is 1. The van der Waals surface area contributed by atoms with Crippen molar-refractivity contribution in [1.29, 1.82) is 0 Å². The van der Waals surface area contributed by atoms with E-state index in [1.807, 2.05) is 0 Å². The molecule has 0 spiro atoms. The molecule has 1 saturated carbocycles. The fourth-order valence-electron chi connectivity index (χ4n) is 2.29. The van der Waals surface area contributed by atoms with Crippen molar-refractivity contribution in [2.75, 3.05) is 11.4 Å². The predicted octanol–water partition coefficient (Wildman–Crippen LogP) is 3.09. The monoisotopic (exact) mass is 218 g/mol. The Kier molecular flexibility index (Phi) is 3.49. The Morgan fingerprint density at radius 1 is 1.31 bits per heavy atom. The van der Waals surface area contributed by atoms with Crippen LogP contribution in [0.15, 0.2) is 24.3 Å². The Bertz CT molecular complexity index is 344. The Morgan fingerprint density at radius 3 is 2.56 bits per heavy atom. The van der Waals surface area contributed by atoms with Crippen molar-refractivity contribution < 1.29 is 0 Å². The van der Waals surface area contributed by atoms with E-state index in [1.54, 1.807) is 0 Å². The van der Waals surface area contributed by atoms with Crippen LogP contribution in [-0.2, 0) is 0 Å². The van der Waals surface area contributed by atoms with Crippen molar-refractivity contribution in [3.05, 3.63) is 29.8 Å². The zero-order chi connectivity index (χ0) is 11.5. The highest BCUT2D eigenvalue weighted by atomic mass is 15.2. The number of hydrogen-bond acceptors (Lipinski definition) is 2. The zero-order valence-corrected chi connectivity index (χ0v) is 10.3. The number of rotatable bonds is 5. The molecule has 0 amide bonds. The average molecular weight is 218 g/mol. The number of anilines is 1. The molecule has 0 saturated heterocycles. The van der Waals surface area contributed by atoms with Gasteiger partial charge in [-0.25, -0.2) is 0 Å². The fraction of sp³-hybridized carbons (Fsp3) is 0.571. The molecule has 0 radical (unpaired) electrons. The van der Waals surface area contributed by atoms with Gasteiger partial charge in [0.15, 0.2) is 0 Å². The molecule has 2 nitrogen and oxygen atoms in total. The number of hydrogen-bond donors (Lipinski definition) is 1. The minimum absolute atomic E-state index is 0.170. The van der Waals surface area contributed by atoms with E-state index < -0.39 is 0 Å². The summed E-state index contributed by atoms with van der Waals surface area (Å²) in [5.74, 6) is 0. The molecule has 0 aromatic heterocycles. The minimum Gasteiger partial charge on any atom is -0.369 e. The highest BCUT2D eigenvalue weighted by molar-refractivity contribution is 5.56. The molecular formula is C14H22N2. The third kappa shape index (κ3) is 2.22. The second kappa shape index (κ2) is 4.88. The highest BCUT2D eigenvalue weighted by Gasteiger charge is 2.29. The summed E-state index contributed by atoms with van der Waals surface area (Å²) in [4.78, 5) is 2.50. The van der Waals surface area contributed by atoms with E-state index in [0.29, 0.717) is 0 Å². The van der Waals surface area contributed by atoms with Gasteiger partial charge in [-0.1, -0.05) is 25.1 Å². The SMILES string of the molecule is CC[C@@H](N)c1ccccc1N(CC)C1CC1. The molecule has 88 valence electrons. The zero-order valence-electron chi connectivity index (χ0n) is 10.3. The molecule has 0 aliphatic heterocycles. The average Bonchev–Trinajstić information content (AvgIpc) is 3.14. The van der Waals surface area contributed by atoms with Crippen LogP contribution in [0.2, 0.25) is 0 Å². The summed E-state index contributed by atoms with van der Waals surface area (Å²) in [6.07, 6.45) is 3.67. The van der Waals surface area contributed by atoms with E-state index in [0.717, 1.165) is 19.0 Å². The van der Waals surface area contributed by atoms with Crippen LogP contribution in [0.1, 0.15) is 44.7 Å². The van der Waals surface area contributed by atoms with Crippen LogP contribution >= 0.6 is 0 Å². The summed E-state index contributed by atoms with van der Waals surface area (Å²) in [6.45, 7) is 5.46. The van der Waals surface area contributed by atoms with E-state index >= 15 is 0 Å². The lowest BCUT2D eigenvalue weighted by atomic mass is 10.0. The molecule has 1 aliphatic rings. The van der Waals surface area contributed by atoms with Gasteiger partial charge in [0.2, 0.25) is 0 Å². The Balaban J connectivity index is 2.30. The molecule has 2 rings (SSSR count). The summed E-state index contributed by atoms with van der Waals surface area (Å²) in [5, 5.41) is 0. The first-order chi connectivity index (χ1) is 7.77. The predicted molar refractivity (Wildman–Crippen MR) is 69.7 cm³/mol. The molecule has 0 unspecified atom stereocenters. The van der Waals surface area contributed by atoms with Gasteiger partial charge in [0.25, 0.3) is 0 Å². The molecule has 1 aliphatic carbocycles. The standard InChI is InChI=1S/C14H22N2/c1-3-13(15)12-7-5-6-8-14(12)16(4-2)11-9-10-11/h5-8,11,13H,3-4,9-10,15H2,1-2H3/t13-/m1/s1. The van der Waals surface area contributed by atoms with Crippen molar-refractivity contribution in [3.8, 4) is 0 Å².